The molecule has 4 aromatic rings. The molecule has 1 aliphatic rings. The number of amides is 1. The molecule has 0 bridgehead atoms. The first-order valence-corrected chi connectivity index (χ1v) is 13.7. The number of benzene rings is 3. The molecule has 3 aromatic carbocycles. The Labute approximate surface area is 234 Å². The van der Waals surface area contributed by atoms with E-state index in [4.69, 9.17) is 11.6 Å². The molecule has 0 radical (unpaired) electrons. The molecule has 202 valence electrons. The number of imidazole rings is 1. The number of nitrogens with zero attached hydrogens (tertiary/aromatic N) is 4. The highest BCUT2D eigenvalue weighted by Gasteiger charge is 2.23. The highest BCUT2D eigenvalue weighted by atomic mass is 35.5. The number of aromatic nitrogens is 2. The molecule has 0 saturated carbocycles. The highest BCUT2D eigenvalue weighted by Crippen LogP contribution is 2.29. The predicted molar refractivity (Wildman–Crippen MR) is 155 cm³/mol. The van der Waals surface area contributed by atoms with Crippen LogP contribution in [-0.2, 0) is 0 Å². The molecule has 0 atom stereocenters. The first kappa shape index (κ1) is 26.9. The second-order valence-electron chi connectivity index (χ2n) is 9.84. The number of para-hydroxylation sites is 1. The van der Waals surface area contributed by atoms with Gasteiger partial charge in [-0.05, 0) is 56.6 Å². The summed E-state index contributed by atoms with van der Waals surface area (Å²) in [5, 5.41) is 3.83. The quantitative estimate of drug-likeness (QED) is 0.280. The van der Waals surface area contributed by atoms with Crippen molar-refractivity contribution in [3.8, 4) is 17.1 Å². The standard InChI is InChI=1S/C31H33ClFN5O/c1-22-25(32)12-8-15-27(22)37-20-18-36(19-21-37)17-9-16-34-31(39)29-23(2)38(28-14-7-6-13-26(28)33)30(35-29)24-10-4-3-5-11-24/h3-8,10-15H,9,16-21H2,1-2H3,(H,34,39). The number of hydrogen-bond acceptors (Lipinski definition) is 4. The summed E-state index contributed by atoms with van der Waals surface area (Å²) in [4.78, 5) is 22.7. The van der Waals surface area contributed by atoms with E-state index in [1.165, 1.54) is 11.8 Å². The van der Waals surface area contributed by atoms with Crippen molar-refractivity contribution in [2.75, 3.05) is 44.2 Å². The van der Waals surface area contributed by atoms with Crippen LogP contribution in [0.3, 0.4) is 0 Å². The first-order valence-electron chi connectivity index (χ1n) is 13.3. The van der Waals surface area contributed by atoms with Crippen LogP contribution >= 0.6 is 11.6 Å². The summed E-state index contributed by atoms with van der Waals surface area (Å²) < 4.78 is 16.5. The van der Waals surface area contributed by atoms with Crippen LogP contribution in [0.1, 0.15) is 28.2 Å². The lowest BCUT2D eigenvalue weighted by atomic mass is 10.1. The van der Waals surface area contributed by atoms with E-state index < -0.39 is 0 Å². The molecule has 0 spiro atoms. The molecule has 1 saturated heterocycles. The van der Waals surface area contributed by atoms with E-state index in [2.05, 4.69) is 33.1 Å². The van der Waals surface area contributed by atoms with Gasteiger partial charge in [0.2, 0.25) is 0 Å². The number of carbonyl (C=O) groups is 1. The Morgan fingerprint density at radius 3 is 2.36 bits per heavy atom. The van der Waals surface area contributed by atoms with Crippen molar-refractivity contribution in [3.05, 3.63) is 101 Å². The average molecular weight is 546 g/mol. The lowest BCUT2D eigenvalue weighted by Gasteiger charge is -2.37. The predicted octanol–water partition coefficient (Wildman–Crippen LogP) is 5.89. The Morgan fingerprint density at radius 2 is 1.62 bits per heavy atom. The molecule has 2 heterocycles. The molecule has 1 fully saturated rings. The Morgan fingerprint density at radius 1 is 0.923 bits per heavy atom. The number of hydrogen-bond donors (Lipinski definition) is 1. The van der Waals surface area contributed by atoms with Gasteiger partial charge in [0.05, 0.1) is 11.4 Å². The maximum Gasteiger partial charge on any atom is 0.271 e. The summed E-state index contributed by atoms with van der Waals surface area (Å²) in [5.74, 6) is -0.0788. The van der Waals surface area contributed by atoms with Gasteiger partial charge in [-0.1, -0.05) is 60.1 Å². The number of piperazine rings is 1. The molecule has 5 rings (SSSR count). The minimum Gasteiger partial charge on any atom is -0.369 e. The van der Waals surface area contributed by atoms with Gasteiger partial charge in [-0.25, -0.2) is 9.37 Å². The van der Waals surface area contributed by atoms with Gasteiger partial charge in [0.25, 0.3) is 5.91 Å². The van der Waals surface area contributed by atoms with Gasteiger partial charge < -0.3 is 10.2 Å². The summed E-state index contributed by atoms with van der Waals surface area (Å²) >= 11 is 6.31. The van der Waals surface area contributed by atoms with E-state index in [1.807, 2.05) is 49.4 Å². The summed E-state index contributed by atoms with van der Waals surface area (Å²) in [6, 6.07) is 22.2. The number of carbonyl (C=O) groups excluding carboxylic acids is 1. The second-order valence-corrected chi connectivity index (χ2v) is 10.3. The van der Waals surface area contributed by atoms with Crippen molar-refractivity contribution in [2.45, 2.75) is 20.3 Å². The monoisotopic (exact) mass is 545 g/mol. The number of rotatable bonds is 8. The molecule has 0 aliphatic carbocycles. The van der Waals surface area contributed by atoms with Crippen LogP contribution in [-0.4, -0.2) is 59.6 Å². The van der Waals surface area contributed by atoms with Gasteiger partial charge in [-0.15, -0.1) is 0 Å². The van der Waals surface area contributed by atoms with Gasteiger partial charge in [0, 0.05) is 49.0 Å². The van der Waals surface area contributed by atoms with Crippen molar-refractivity contribution in [3.63, 3.8) is 0 Å². The number of halogens is 2. The number of nitrogens with one attached hydrogen (secondary N) is 1. The van der Waals surface area contributed by atoms with Crippen molar-refractivity contribution in [1.82, 2.24) is 19.8 Å². The fourth-order valence-electron chi connectivity index (χ4n) is 5.16. The molecule has 1 aromatic heterocycles. The molecular formula is C31H33ClFN5O. The highest BCUT2D eigenvalue weighted by molar-refractivity contribution is 6.31. The van der Waals surface area contributed by atoms with Crippen molar-refractivity contribution >= 4 is 23.2 Å². The van der Waals surface area contributed by atoms with Crippen LogP contribution in [0.15, 0.2) is 72.8 Å². The average Bonchev–Trinajstić information content (AvgIpc) is 3.30. The first-order chi connectivity index (χ1) is 18.9. The maximum atomic E-state index is 14.8. The third kappa shape index (κ3) is 5.84. The normalized spacial score (nSPS) is 14.0. The van der Waals surface area contributed by atoms with Crippen molar-refractivity contribution < 1.29 is 9.18 Å². The van der Waals surface area contributed by atoms with Gasteiger partial charge >= 0.3 is 0 Å². The van der Waals surface area contributed by atoms with Gasteiger partial charge in [0.15, 0.2) is 0 Å². The summed E-state index contributed by atoms with van der Waals surface area (Å²) in [6.45, 7) is 9.14. The summed E-state index contributed by atoms with van der Waals surface area (Å²) in [5.41, 5.74) is 4.42. The lowest BCUT2D eigenvalue weighted by Crippen LogP contribution is -2.47. The topological polar surface area (TPSA) is 53.4 Å². The van der Waals surface area contributed by atoms with E-state index in [0.717, 1.165) is 55.3 Å². The van der Waals surface area contributed by atoms with E-state index in [0.29, 0.717) is 29.4 Å². The molecule has 8 heteroatoms. The zero-order valence-electron chi connectivity index (χ0n) is 22.3. The lowest BCUT2D eigenvalue weighted by molar-refractivity contribution is 0.0946. The zero-order chi connectivity index (χ0) is 27.4. The molecular weight excluding hydrogens is 513 g/mol. The molecule has 1 N–H and O–H groups in total. The van der Waals surface area contributed by atoms with Gasteiger partial charge in [-0.3, -0.25) is 14.3 Å². The third-order valence-corrected chi connectivity index (χ3v) is 7.75. The van der Waals surface area contributed by atoms with E-state index >= 15 is 0 Å². The zero-order valence-corrected chi connectivity index (χ0v) is 23.1. The summed E-state index contributed by atoms with van der Waals surface area (Å²) in [6.07, 6.45) is 0.834. The maximum absolute atomic E-state index is 14.8. The molecule has 1 aliphatic heterocycles. The van der Waals surface area contributed by atoms with Crippen molar-refractivity contribution in [2.24, 2.45) is 0 Å². The van der Waals surface area contributed by atoms with Crippen LogP contribution < -0.4 is 10.2 Å². The minimum absolute atomic E-state index is 0.249. The van der Waals surface area contributed by atoms with Crippen LogP contribution in [0.25, 0.3) is 17.1 Å². The third-order valence-electron chi connectivity index (χ3n) is 7.34. The Kier molecular flexibility index (Phi) is 8.29. The fraction of sp³-hybridized carbons (Fsp3) is 0.290. The fourth-order valence-corrected chi connectivity index (χ4v) is 5.33. The number of anilines is 1. The van der Waals surface area contributed by atoms with Gasteiger partial charge in [0.1, 0.15) is 17.3 Å². The Bertz CT molecular complexity index is 1450. The van der Waals surface area contributed by atoms with Crippen LogP contribution in [0.2, 0.25) is 5.02 Å². The van der Waals surface area contributed by atoms with Crippen LogP contribution in [0, 0.1) is 19.7 Å². The van der Waals surface area contributed by atoms with Crippen LogP contribution in [0.5, 0.6) is 0 Å². The molecule has 6 nitrogen and oxygen atoms in total. The molecule has 1 amide bonds. The second kappa shape index (κ2) is 12.0. The minimum atomic E-state index is -0.368. The van der Waals surface area contributed by atoms with E-state index in [9.17, 15) is 9.18 Å². The summed E-state index contributed by atoms with van der Waals surface area (Å²) in [7, 11) is 0. The van der Waals surface area contributed by atoms with Crippen molar-refractivity contribution in [1.29, 1.82) is 0 Å². The molecule has 0 unspecified atom stereocenters. The molecule has 39 heavy (non-hydrogen) atoms. The largest absolute Gasteiger partial charge is 0.369 e. The van der Waals surface area contributed by atoms with Crippen LogP contribution in [0.4, 0.5) is 10.1 Å². The van der Waals surface area contributed by atoms with E-state index in [-0.39, 0.29) is 11.7 Å². The Hall–Kier alpha value is -3.68. The smallest absolute Gasteiger partial charge is 0.271 e. The Balaban J connectivity index is 1.20. The SMILES string of the molecule is Cc1c(Cl)cccc1N1CCN(CCCNC(=O)c2nc(-c3ccccc3)n(-c3ccccc3F)c2C)CC1. The van der Waals surface area contributed by atoms with Gasteiger partial charge in [-0.2, -0.15) is 0 Å². The van der Waals surface area contributed by atoms with E-state index in [1.54, 1.807) is 22.8 Å².